The molecule has 0 heterocycles. The predicted molar refractivity (Wildman–Crippen MR) is 74.3 cm³/mol. The Bertz CT molecular complexity index is 224. The quantitative estimate of drug-likeness (QED) is 0.654. The van der Waals surface area contributed by atoms with Crippen molar-refractivity contribution >= 4 is 0 Å². The van der Waals surface area contributed by atoms with E-state index in [1.165, 1.54) is 58.3 Å². The highest BCUT2D eigenvalue weighted by Gasteiger charge is 2.33. The van der Waals surface area contributed by atoms with E-state index in [1.54, 1.807) is 0 Å². The summed E-state index contributed by atoms with van der Waals surface area (Å²) in [6, 6.07) is 0.944. The van der Waals surface area contributed by atoms with Crippen LogP contribution in [-0.2, 0) is 0 Å². The van der Waals surface area contributed by atoms with Gasteiger partial charge in [-0.05, 0) is 50.0 Å². The van der Waals surface area contributed by atoms with Gasteiger partial charge in [-0.2, -0.15) is 0 Å². The molecule has 2 heteroatoms. The van der Waals surface area contributed by atoms with E-state index in [2.05, 4.69) is 31.0 Å². The summed E-state index contributed by atoms with van der Waals surface area (Å²) in [5, 5.41) is 3.61. The van der Waals surface area contributed by atoms with Crippen LogP contribution in [0.4, 0.5) is 0 Å². The number of rotatable bonds is 8. The average Bonchev–Trinajstić information content (AvgIpc) is 3.08. The Morgan fingerprint density at radius 2 is 1.76 bits per heavy atom. The molecular formula is C15H30N2. The average molecular weight is 238 g/mol. The maximum absolute atomic E-state index is 3.61. The fourth-order valence-electron chi connectivity index (χ4n) is 2.31. The lowest BCUT2D eigenvalue weighted by atomic mass is 9.92. The van der Waals surface area contributed by atoms with Crippen molar-refractivity contribution in [2.24, 2.45) is 11.3 Å². The molecule has 0 bridgehead atoms. The van der Waals surface area contributed by atoms with Crippen molar-refractivity contribution in [3.63, 3.8) is 0 Å². The van der Waals surface area contributed by atoms with E-state index < -0.39 is 0 Å². The minimum Gasteiger partial charge on any atom is -0.315 e. The fourth-order valence-corrected chi connectivity index (χ4v) is 2.31. The van der Waals surface area contributed by atoms with Crippen LogP contribution in [0.3, 0.4) is 0 Å². The Morgan fingerprint density at radius 1 is 1.06 bits per heavy atom. The largest absolute Gasteiger partial charge is 0.315 e. The highest BCUT2D eigenvalue weighted by molar-refractivity contribution is 4.88. The SMILES string of the molecule is CC(C)(C)CCNCCN(CC1CC1)C1CC1. The molecule has 0 radical (unpaired) electrons. The second-order valence-electron chi connectivity index (χ2n) is 7.23. The molecule has 0 atom stereocenters. The minimum absolute atomic E-state index is 0.469. The summed E-state index contributed by atoms with van der Waals surface area (Å²) in [6.45, 7) is 12.0. The second kappa shape index (κ2) is 5.71. The van der Waals surface area contributed by atoms with Crippen LogP contribution in [-0.4, -0.2) is 37.1 Å². The highest BCUT2D eigenvalue weighted by Crippen LogP contribution is 2.34. The van der Waals surface area contributed by atoms with Gasteiger partial charge in [0.25, 0.3) is 0 Å². The van der Waals surface area contributed by atoms with Gasteiger partial charge in [0.05, 0.1) is 0 Å². The fraction of sp³-hybridized carbons (Fsp3) is 1.00. The first-order valence-corrected chi connectivity index (χ1v) is 7.49. The monoisotopic (exact) mass is 238 g/mol. The lowest BCUT2D eigenvalue weighted by molar-refractivity contribution is 0.250. The molecule has 0 unspecified atom stereocenters. The summed E-state index contributed by atoms with van der Waals surface area (Å²) < 4.78 is 0. The summed E-state index contributed by atoms with van der Waals surface area (Å²) in [5.41, 5.74) is 0.469. The van der Waals surface area contributed by atoms with Crippen LogP contribution in [0, 0.1) is 11.3 Å². The van der Waals surface area contributed by atoms with Gasteiger partial charge in [0.1, 0.15) is 0 Å². The highest BCUT2D eigenvalue weighted by atomic mass is 15.2. The van der Waals surface area contributed by atoms with Gasteiger partial charge in [-0.1, -0.05) is 20.8 Å². The van der Waals surface area contributed by atoms with Crippen molar-refractivity contribution < 1.29 is 0 Å². The number of hydrogen-bond acceptors (Lipinski definition) is 2. The topological polar surface area (TPSA) is 15.3 Å². The molecule has 2 nitrogen and oxygen atoms in total. The van der Waals surface area contributed by atoms with Crippen molar-refractivity contribution in [3.8, 4) is 0 Å². The van der Waals surface area contributed by atoms with Gasteiger partial charge in [0.2, 0.25) is 0 Å². The Balaban J connectivity index is 1.52. The third-order valence-electron chi connectivity index (χ3n) is 3.88. The molecule has 2 aliphatic rings. The van der Waals surface area contributed by atoms with Crippen LogP contribution in [0.5, 0.6) is 0 Å². The van der Waals surface area contributed by atoms with Gasteiger partial charge < -0.3 is 5.32 Å². The molecule has 0 aliphatic heterocycles. The summed E-state index contributed by atoms with van der Waals surface area (Å²) in [6.07, 6.45) is 7.16. The molecule has 0 aromatic carbocycles. The van der Waals surface area contributed by atoms with Gasteiger partial charge >= 0.3 is 0 Å². The first-order chi connectivity index (χ1) is 8.04. The molecule has 0 saturated heterocycles. The number of nitrogens with one attached hydrogen (secondary N) is 1. The first-order valence-electron chi connectivity index (χ1n) is 7.49. The van der Waals surface area contributed by atoms with Gasteiger partial charge in [-0.3, -0.25) is 4.90 Å². The van der Waals surface area contributed by atoms with Crippen LogP contribution < -0.4 is 5.32 Å². The lowest BCUT2D eigenvalue weighted by Gasteiger charge is -2.23. The van der Waals surface area contributed by atoms with E-state index in [0.29, 0.717) is 5.41 Å². The zero-order chi connectivity index (χ0) is 12.3. The van der Waals surface area contributed by atoms with Crippen molar-refractivity contribution in [1.29, 1.82) is 0 Å². The maximum atomic E-state index is 3.61. The summed E-state index contributed by atoms with van der Waals surface area (Å²) in [4.78, 5) is 2.74. The maximum Gasteiger partial charge on any atom is 0.0110 e. The summed E-state index contributed by atoms with van der Waals surface area (Å²) >= 11 is 0. The lowest BCUT2D eigenvalue weighted by Crippen LogP contribution is -2.36. The zero-order valence-corrected chi connectivity index (χ0v) is 12.0. The standard InChI is InChI=1S/C15H30N2/c1-15(2,3)8-9-16-10-11-17(14-6-7-14)12-13-4-5-13/h13-14,16H,4-12H2,1-3H3. The number of nitrogens with zero attached hydrogens (tertiary/aromatic N) is 1. The van der Waals surface area contributed by atoms with Crippen LogP contribution in [0.25, 0.3) is 0 Å². The van der Waals surface area contributed by atoms with Crippen molar-refractivity contribution in [3.05, 3.63) is 0 Å². The van der Waals surface area contributed by atoms with E-state index in [4.69, 9.17) is 0 Å². The normalized spacial score (nSPS) is 21.2. The zero-order valence-electron chi connectivity index (χ0n) is 12.0. The molecule has 17 heavy (non-hydrogen) atoms. The van der Waals surface area contributed by atoms with Gasteiger partial charge in [-0.25, -0.2) is 0 Å². The Hall–Kier alpha value is -0.0800. The third-order valence-corrected chi connectivity index (χ3v) is 3.88. The second-order valence-corrected chi connectivity index (χ2v) is 7.23. The molecule has 0 amide bonds. The molecule has 1 N–H and O–H groups in total. The van der Waals surface area contributed by atoms with Crippen LogP contribution >= 0.6 is 0 Å². The van der Waals surface area contributed by atoms with E-state index in [9.17, 15) is 0 Å². The summed E-state index contributed by atoms with van der Waals surface area (Å²) in [7, 11) is 0. The molecule has 0 spiro atoms. The smallest absolute Gasteiger partial charge is 0.0110 e. The molecule has 2 rings (SSSR count). The Morgan fingerprint density at radius 3 is 2.29 bits per heavy atom. The van der Waals surface area contributed by atoms with Crippen LogP contribution in [0.1, 0.15) is 52.9 Å². The Labute approximate surface area is 107 Å². The Kier molecular flexibility index (Phi) is 4.48. The van der Waals surface area contributed by atoms with Gasteiger partial charge in [0.15, 0.2) is 0 Å². The van der Waals surface area contributed by atoms with Crippen molar-refractivity contribution in [1.82, 2.24) is 10.2 Å². The molecular weight excluding hydrogens is 208 g/mol. The molecule has 2 aliphatic carbocycles. The van der Waals surface area contributed by atoms with E-state index >= 15 is 0 Å². The molecule has 2 saturated carbocycles. The van der Waals surface area contributed by atoms with Crippen LogP contribution in [0.2, 0.25) is 0 Å². The van der Waals surface area contributed by atoms with Crippen molar-refractivity contribution in [2.75, 3.05) is 26.2 Å². The van der Waals surface area contributed by atoms with Crippen LogP contribution in [0.15, 0.2) is 0 Å². The molecule has 2 fully saturated rings. The van der Waals surface area contributed by atoms with Gasteiger partial charge in [-0.15, -0.1) is 0 Å². The first kappa shape index (κ1) is 13.4. The van der Waals surface area contributed by atoms with Crippen molar-refractivity contribution in [2.45, 2.75) is 58.9 Å². The predicted octanol–water partition coefficient (Wildman–Crippen LogP) is 2.89. The van der Waals surface area contributed by atoms with E-state index in [-0.39, 0.29) is 0 Å². The molecule has 100 valence electrons. The number of hydrogen-bond donors (Lipinski definition) is 1. The summed E-state index contributed by atoms with van der Waals surface area (Å²) in [5.74, 6) is 1.05. The third kappa shape index (κ3) is 5.87. The van der Waals surface area contributed by atoms with Gasteiger partial charge in [0, 0.05) is 25.7 Å². The van der Waals surface area contributed by atoms with E-state index in [1.807, 2.05) is 0 Å². The minimum atomic E-state index is 0.469. The van der Waals surface area contributed by atoms with E-state index in [0.717, 1.165) is 12.0 Å². The molecule has 0 aromatic heterocycles. The molecule has 0 aromatic rings.